The Labute approximate surface area is 140 Å². The summed E-state index contributed by atoms with van der Waals surface area (Å²) in [7, 11) is 0. The lowest BCUT2D eigenvalue weighted by Gasteiger charge is -2.12. The van der Waals surface area contributed by atoms with Crippen molar-refractivity contribution < 1.29 is 9.59 Å². The van der Waals surface area contributed by atoms with Crippen molar-refractivity contribution in [3.05, 3.63) is 41.9 Å². The summed E-state index contributed by atoms with van der Waals surface area (Å²) in [5.41, 5.74) is 1.06. The maximum absolute atomic E-state index is 12.2. The molecule has 1 heterocycles. The molecule has 1 aliphatic rings. The molecule has 1 aromatic rings. The predicted octanol–water partition coefficient (Wildman–Crippen LogP) is 5.37. The van der Waals surface area contributed by atoms with E-state index in [-0.39, 0.29) is 11.8 Å². The SMILES string of the molecule is CCCCCCCCCCC[CH]N1C(=O)c2ccccc2C1=O. The summed E-state index contributed by atoms with van der Waals surface area (Å²) in [5.74, 6) is -0.358. The minimum atomic E-state index is -0.179. The normalized spacial score (nSPS) is 13.7. The molecule has 3 nitrogen and oxygen atoms in total. The first-order valence-electron chi connectivity index (χ1n) is 9.06. The Morgan fingerprint density at radius 1 is 0.783 bits per heavy atom. The van der Waals surface area contributed by atoms with Crippen molar-refractivity contribution in [2.45, 2.75) is 71.1 Å². The van der Waals surface area contributed by atoms with E-state index in [0.29, 0.717) is 11.1 Å². The molecule has 0 aromatic heterocycles. The molecule has 0 spiro atoms. The Morgan fingerprint density at radius 2 is 1.26 bits per heavy atom. The molecule has 0 saturated carbocycles. The van der Waals surface area contributed by atoms with Crippen molar-refractivity contribution >= 4 is 11.8 Å². The fraction of sp³-hybridized carbons (Fsp3) is 0.550. The van der Waals surface area contributed by atoms with Crippen molar-refractivity contribution in [1.29, 1.82) is 0 Å². The van der Waals surface area contributed by atoms with Crippen LogP contribution in [0.25, 0.3) is 0 Å². The third kappa shape index (κ3) is 4.92. The average molecular weight is 314 g/mol. The lowest BCUT2D eigenvalue weighted by molar-refractivity contribution is 0.0692. The van der Waals surface area contributed by atoms with Crippen LogP contribution in [0.1, 0.15) is 91.8 Å². The van der Waals surface area contributed by atoms with Gasteiger partial charge in [-0.15, -0.1) is 0 Å². The van der Waals surface area contributed by atoms with Gasteiger partial charge in [-0.1, -0.05) is 76.8 Å². The highest BCUT2D eigenvalue weighted by atomic mass is 16.2. The van der Waals surface area contributed by atoms with E-state index >= 15 is 0 Å². The Kier molecular flexibility index (Phi) is 7.31. The van der Waals surface area contributed by atoms with Crippen LogP contribution >= 0.6 is 0 Å². The number of nitrogens with zero attached hydrogens (tertiary/aromatic N) is 1. The van der Waals surface area contributed by atoms with Gasteiger partial charge in [-0.3, -0.25) is 14.5 Å². The van der Waals surface area contributed by atoms with E-state index in [0.717, 1.165) is 12.8 Å². The Bertz CT molecular complexity index is 489. The van der Waals surface area contributed by atoms with Gasteiger partial charge >= 0.3 is 0 Å². The van der Waals surface area contributed by atoms with E-state index in [2.05, 4.69) is 6.92 Å². The van der Waals surface area contributed by atoms with Crippen molar-refractivity contribution in [2.75, 3.05) is 0 Å². The minimum Gasteiger partial charge on any atom is -0.269 e. The summed E-state index contributed by atoms with van der Waals surface area (Å²) in [6.07, 6.45) is 12.3. The van der Waals surface area contributed by atoms with Crippen molar-refractivity contribution in [3.8, 4) is 0 Å². The fourth-order valence-electron chi connectivity index (χ4n) is 3.05. The van der Waals surface area contributed by atoms with Gasteiger partial charge in [0.1, 0.15) is 0 Å². The van der Waals surface area contributed by atoms with E-state index in [9.17, 15) is 9.59 Å². The number of amides is 2. The third-order valence-corrected chi connectivity index (χ3v) is 4.44. The van der Waals surface area contributed by atoms with Crippen LogP contribution in [0.2, 0.25) is 0 Å². The molecule has 1 aromatic carbocycles. The van der Waals surface area contributed by atoms with E-state index in [1.807, 2.05) is 0 Å². The molecule has 0 atom stereocenters. The molecule has 2 amide bonds. The second-order valence-corrected chi connectivity index (χ2v) is 6.33. The summed E-state index contributed by atoms with van der Waals surface area (Å²) in [6.45, 7) is 4.01. The molecule has 3 heteroatoms. The van der Waals surface area contributed by atoms with E-state index in [1.165, 1.54) is 56.3 Å². The second kappa shape index (κ2) is 9.49. The molecule has 0 aliphatic carbocycles. The smallest absolute Gasteiger partial charge is 0.261 e. The van der Waals surface area contributed by atoms with Gasteiger partial charge in [0.05, 0.1) is 17.7 Å². The van der Waals surface area contributed by atoms with Crippen molar-refractivity contribution in [2.24, 2.45) is 0 Å². The Morgan fingerprint density at radius 3 is 1.78 bits per heavy atom. The first kappa shape index (κ1) is 17.7. The van der Waals surface area contributed by atoms with Gasteiger partial charge in [0.2, 0.25) is 0 Å². The number of hydrogen-bond donors (Lipinski definition) is 0. The fourth-order valence-corrected chi connectivity index (χ4v) is 3.05. The molecule has 125 valence electrons. The van der Waals surface area contributed by atoms with Crippen LogP contribution in [0.4, 0.5) is 0 Å². The Balaban J connectivity index is 1.57. The molecule has 0 N–H and O–H groups in total. The zero-order chi connectivity index (χ0) is 16.5. The van der Waals surface area contributed by atoms with Gasteiger partial charge in [0.15, 0.2) is 0 Å². The van der Waals surface area contributed by atoms with Gasteiger partial charge in [0, 0.05) is 0 Å². The van der Waals surface area contributed by atoms with Gasteiger partial charge in [-0.05, 0) is 18.6 Å². The molecule has 0 bridgehead atoms. The number of benzene rings is 1. The van der Waals surface area contributed by atoms with Crippen molar-refractivity contribution in [1.82, 2.24) is 4.90 Å². The second-order valence-electron chi connectivity index (χ2n) is 6.33. The molecule has 2 rings (SSSR count). The molecule has 1 radical (unpaired) electrons. The molecular weight excluding hydrogens is 286 g/mol. The largest absolute Gasteiger partial charge is 0.269 e. The van der Waals surface area contributed by atoms with Crippen LogP contribution in [-0.4, -0.2) is 16.7 Å². The van der Waals surface area contributed by atoms with Crippen molar-refractivity contribution in [3.63, 3.8) is 0 Å². The summed E-state index contributed by atoms with van der Waals surface area (Å²) in [6, 6.07) is 7.05. The molecule has 0 saturated heterocycles. The number of carbonyl (C=O) groups excluding carboxylic acids is 2. The molecule has 1 aliphatic heterocycles. The molecule has 23 heavy (non-hydrogen) atoms. The lowest BCUT2D eigenvalue weighted by Crippen LogP contribution is -2.26. The quantitative estimate of drug-likeness (QED) is 0.407. The summed E-state index contributed by atoms with van der Waals surface area (Å²) in [4.78, 5) is 25.6. The van der Waals surface area contributed by atoms with Gasteiger partial charge in [0.25, 0.3) is 11.8 Å². The van der Waals surface area contributed by atoms with Crippen LogP contribution in [0.3, 0.4) is 0 Å². The third-order valence-electron chi connectivity index (χ3n) is 4.44. The molecular formula is C20H28NO2. The van der Waals surface area contributed by atoms with Crippen LogP contribution in [0.15, 0.2) is 24.3 Å². The Hall–Kier alpha value is -1.64. The first-order chi connectivity index (χ1) is 11.3. The van der Waals surface area contributed by atoms with Gasteiger partial charge in [-0.25, -0.2) is 0 Å². The topological polar surface area (TPSA) is 37.4 Å². The molecule has 0 fully saturated rings. The average Bonchev–Trinajstić information content (AvgIpc) is 2.81. The summed E-state index contributed by atoms with van der Waals surface area (Å²) >= 11 is 0. The first-order valence-corrected chi connectivity index (χ1v) is 9.06. The van der Waals surface area contributed by atoms with E-state index in [4.69, 9.17) is 0 Å². The van der Waals surface area contributed by atoms with Crippen LogP contribution in [0, 0.1) is 6.54 Å². The predicted molar refractivity (Wildman–Crippen MR) is 93.1 cm³/mol. The van der Waals surface area contributed by atoms with Gasteiger partial charge in [-0.2, -0.15) is 0 Å². The highest BCUT2D eigenvalue weighted by molar-refractivity contribution is 6.21. The van der Waals surface area contributed by atoms with E-state index in [1.54, 1.807) is 30.8 Å². The van der Waals surface area contributed by atoms with E-state index < -0.39 is 0 Å². The van der Waals surface area contributed by atoms with Gasteiger partial charge < -0.3 is 0 Å². The summed E-state index contributed by atoms with van der Waals surface area (Å²) in [5, 5.41) is 0. The van der Waals surface area contributed by atoms with Crippen LogP contribution in [0.5, 0.6) is 0 Å². The maximum Gasteiger partial charge on any atom is 0.261 e. The molecule has 0 unspecified atom stereocenters. The zero-order valence-electron chi connectivity index (χ0n) is 14.2. The van der Waals surface area contributed by atoms with Crippen LogP contribution < -0.4 is 0 Å². The standard InChI is InChI=1S/C20H28NO2/c1-2-3-4-5-6-7-8-9-10-13-16-21-19(22)17-14-11-12-15-18(17)20(21)23/h11-12,14-16H,2-10,13H2,1H3. The number of unbranched alkanes of at least 4 members (excludes halogenated alkanes) is 9. The monoisotopic (exact) mass is 314 g/mol. The number of hydrogen-bond acceptors (Lipinski definition) is 2. The minimum absolute atomic E-state index is 0.179. The number of fused-ring (bicyclic) bond motifs is 1. The zero-order valence-corrected chi connectivity index (χ0v) is 14.2. The summed E-state index contributed by atoms with van der Waals surface area (Å²) < 4.78 is 0. The number of carbonyl (C=O) groups is 2. The number of rotatable bonds is 11. The highest BCUT2D eigenvalue weighted by Crippen LogP contribution is 2.24. The number of imide groups is 1. The lowest BCUT2D eigenvalue weighted by atomic mass is 10.1. The van der Waals surface area contributed by atoms with Crippen LogP contribution in [-0.2, 0) is 0 Å². The highest BCUT2D eigenvalue weighted by Gasteiger charge is 2.34. The maximum atomic E-state index is 12.2.